The number of phenols is 3. The monoisotopic (exact) mass is 310 g/mol. The number of hydrogen-bond donors (Lipinski definition) is 4. The maximum Gasteiger partial charge on any atom is 0.353 e. The number of benzene rings is 1. The van der Waals surface area contributed by atoms with Gasteiger partial charge in [0.25, 0.3) is 0 Å². The van der Waals surface area contributed by atoms with Gasteiger partial charge in [-0.2, -0.15) is 0 Å². The van der Waals surface area contributed by atoms with Crippen LogP contribution < -0.4 is 4.74 Å². The largest absolute Gasteiger partial charge is 0.504 e. The van der Waals surface area contributed by atoms with Crippen molar-refractivity contribution in [2.75, 3.05) is 0 Å². The van der Waals surface area contributed by atoms with Crippen LogP contribution in [0.15, 0.2) is 6.07 Å². The maximum atomic E-state index is 11.6. The standard InChI is InChI=1S/C16H22O6/c1-2-3-4-5-6-7-8-16(15(20)21)10-9-11(17)12(18)13(19)14(10)22-16/h9,17-19H,2-8H2,1H3,(H,20,21). The first-order valence-electron chi connectivity index (χ1n) is 7.64. The molecule has 2 rings (SSSR count). The van der Waals surface area contributed by atoms with Crippen molar-refractivity contribution in [1.82, 2.24) is 0 Å². The summed E-state index contributed by atoms with van der Waals surface area (Å²) in [6.45, 7) is 2.13. The van der Waals surface area contributed by atoms with Gasteiger partial charge in [0.15, 0.2) is 11.5 Å². The Kier molecular flexibility index (Phi) is 4.68. The van der Waals surface area contributed by atoms with Gasteiger partial charge in [0.2, 0.25) is 17.1 Å². The molecular weight excluding hydrogens is 288 g/mol. The second-order valence-electron chi connectivity index (χ2n) is 5.72. The molecule has 6 nitrogen and oxygen atoms in total. The zero-order valence-corrected chi connectivity index (χ0v) is 12.6. The second kappa shape index (κ2) is 6.34. The summed E-state index contributed by atoms with van der Waals surface area (Å²) in [4.78, 5) is 11.6. The molecule has 6 heteroatoms. The number of carbonyl (C=O) groups is 1. The SMILES string of the molecule is CCCCCCCCC1(C(=O)O)Oc2c1cc(O)c(O)c2O. The Hall–Kier alpha value is -2.11. The van der Waals surface area contributed by atoms with E-state index in [9.17, 15) is 25.2 Å². The zero-order chi connectivity index (χ0) is 16.3. The lowest BCUT2D eigenvalue weighted by atomic mass is 9.82. The van der Waals surface area contributed by atoms with Crippen LogP contribution in [0.25, 0.3) is 0 Å². The molecule has 0 amide bonds. The molecule has 1 heterocycles. The van der Waals surface area contributed by atoms with Crippen molar-refractivity contribution in [3.63, 3.8) is 0 Å². The number of hydrogen-bond acceptors (Lipinski definition) is 5. The molecular formula is C16H22O6. The number of carboxylic acids is 1. The van der Waals surface area contributed by atoms with Gasteiger partial charge in [-0.3, -0.25) is 0 Å². The quantitative estimate of drug-likeness (QED) is 0.434. The van der Waals surface area contributed by atoms with Gasteiger partial charge < -0.3 is 25.2 Å². The van der Waals surface area contributed by atoms with Gasteiger partial charge in [-0.15, -0.1) is 0 Å². The van der Waals surface area contributed by atoms with Crippen LogP contribution in [0.4, 0.5) is 0 Å². The summed E-state index contributed by atoms with van der Waals surface area (Å²) in [5.41, 5.74) is -1.33. The highest BCUT2D eigenvalue weighted by atomic mass is 16.6. The van der Waals surface area contributed by atoms with E-state index in [0.29, 0.717) is 6.42 Å². The topological polar surface area (TPSA) is 107 Å². The van der Waals surface area contributed by atoms with E-state index in [1.165, 1.54) is 6.42 Å². The Bertz CT molecular complexity index is 568. The van der Waals surface area contributed by atoms with Crippen LogP contribution >= 0.6 is 0 Å². The predicted molar refractivity (Wildman–Crippen MR) is 79.4 cm³/mol. The highest BCUT2D eigenvalue weighted by Gasteiger charge is 2.54. The van der Waals surface area contributed by atoms with Crippen LogP contribution in [0.2, 0.25) is 0 Å². The summed E-state index contributed by atoms with van der Waals surface area (Å²) in [7, 11) is 0. The molecule has 0 saturated carbocycles. The average molecular weight is 310 g/mol. The molecule has 4 N–H and O–H groups in total. The number of fused-ring (bicyclic) bond motifs is 1. The van der Waals surface area contributed by atoms with Crippen molar-refractivity contribution < 1.29 is 30.0 Å². The van der Waals surface area contributed by atoms with Crippen LogP contribution in [0.3, 0.4) is 0 Å². The Morgan fingerprint density at radius 1 is 1.09 bits per heavy atom. The van der Waals surface area contributed by atoms with Gasteiger partial charge in [0.05, 0.1) is 5.56 Å². The molecule has 0 saturated heterocycles. The molecule has 1 aliphatic rings. The van der Waals surface area contributed by atoms with E-state index in [2.05, 4.69) is 6.92 Å². The van der Waals surface area contributed by atoms with Crippen molar-refractivity contribution in [1.29, 1.82) is 0 Å². The summed E-state index contributed by atoms with van der Waals surface area (Å²) in [6, 6.07) is 1.15. The van der Waals surface area contributed by atoms with E-state index < -0.39 is 28.8 Å². The molecule has 0 aromatic heterocycles. The number of unbranched alkanes of at least 4 members (excludes halogenated alkanes) is 5. The second-order valence-corrected chi connectivity index (χ2v) is 5.72. The predicted octanol–water partition coefficient (Wildman–Crippen LogP) is 3.23. The van der Waals surface area contributed by atoms with Crippen molar-refractivity contribution >= 4 is 5.97 Å². The lowest BCUT2D eigenvalue weighted by Crippen LogP contribution is -2.48. The van der Waals surface area contributed by atoms with Crippen molar-refractivity contribution in [2.45, 2.75) is 57.5 Å². The number of aromatic hydroxyl groups is 3. The lowest BCUT2D eigenvalue weighted by molar-refractivity contribution is -0.163. The van der Waals surface area contributed by atoms with Crippen molar-refractivity contribution in [2.24, 2.45) is 0 Å². The van der Waals surface area contributed by atoms with Crippen molar-refractivity contribution in [3.05, 3.63) is 11.6 Å². The molecule has 1 aromatic rings. The summed E-state index contributed by atoms with van der Waals surface area (Å²) < 4.78 is 5.31. The van der Waals surface area contributed by atoms with E-state index in [-0.39, 0.29) is 17.7 Å². The van der Waals surface area contributed by atoms with Gasteiger partial charge in [-0.05, 0) is 12.5 Å². The van der Waals surface area contributed by atoms with E-state index in [1.54, 1.807) is 0 Å². The minimum absolute atomic E-state index is 0.0660. The molecule has 1 aliphatic heterocycles. The average Bonchev–Trinajstić information content (AvgIpc) is 2.47. The van der Waals surface area contributed by atoms with Crippen molar-refractivity contribution in [3.8, 4) is 23.0 Å². The maximum absolute atomic E-state index is 11.6. The minimum atomic E-state index is -1.54. The molecule has 22 heavy (non-hydrogen) atoms. The first-order valence-corrected chi connectivity index (χ1v) is 7.64. The summed E-state index contributed by atoms with van der Waals surface area (Å²) in [5.74, 6) is -3.08. The number of aliphatic carboxylic acids is 1. The summed E-state index contributed by atoms with van der Waals surface area (Å²) >= 11 is 0. The molecule has 0 spiro atoms. The molecule has 1 atom stereocenters. The van der Waals surface area contributed by atoms with E-state index >= 15 is 0 Å². The fraction of sp³-hybridized carbons (Fsp3) is 0.562. The third kappa shape index (κ3) is 2.65. The van der Waals surface area contributed by atoms with Crippen LogP contribution in [0.1, 0.15) is 57.4 Å². The van der Waals surface area contributed by atoms with Gasteiger partial charge in [0.1, 0.15) is 0 Å². The molecule has 0 bridgehead atoms. The van der Waals surface area contributed by atoms with Crippen LogP contribution in [-0.4, -0.2) is 26.4 Å². The zero-order valence-electron chi connectivity index (χ0n) is 12.6. The van der Waals surface area contributed by atoms with E-state index in [1.807, 2.05) is 0 Å². The first kappa shape index (κ1) is 16.3. The van der Waals surface area contributed by atoms with Crippen LogP contribution in [0, 0.1) is 0 Å². The first-order chi connectivity index (χ1) is 10.4. The minimum Gasteiger partial charge on any atom is -0.504 e. The van der Waals surface area contributed by atoms with E-state index in [4.69, 9.17) is 4.74 Å². The molecule has 0 fully saturated rings. The Balaban J connectivity index is 2.08. The third-order valence-corrected chi connectivity index (χ3v) is 4.15. The highest BCUT2D eigenvalue weighted by molar-refractivity contribution is 5.86. The summed E-state index contributed by atoms with van der Waals surface area (Å²) in [6.07, 6.45) is 6.35. The molecule has 0 aliphatic carbocycles. The third-order valence-electron chi connectivity index (χ3n) is 4.15. The van der Waals surface area contributed by atoms with Gasteiger partial charge in [-0.25, -0.2) is 4.79 Å². The normalized spacial score (nSPS) is 19.1. The van der Waals surface area contributed by atoms with Gasteiger partial charge >= 0.3 is 5.97 Å². The van der Waals surface area contributed by atoms with Crippen LogP contribution in [-0.2, 0) is 10.4 Å². The molecule has 1 unspecified atom stereocenters. The lowest BCUT2D eigenvalue weighted by Gasteiger charge is -2.41. The number of phenolic OH excluding ortho intramolecular Hbond substituents is 3. The molecule has 1 aromatic carbocycles. The Morgan fingerprint density at radius 3 is 2.36 bits per heavy atom. The highest BCUT2D eigenvalue weighted by Crippen LogP contribution is 2.57. The number of carboxylic acid groups (broad SMARTS) is 1. The smallest absolute Gasteiger partial charge is 0.353 e. The van der Waals surface area contributed by atoms with E-state index in [0.717, 1.165) is 31.7 Å². The fourth-order valence-corrected chi connectivity index (χ4v) is 2.82. The van der Waals surface area contributed by atoms with Gasteiger partial charge in [0, 0.05) is 6.42 Å². The summed E-state index contributed by atoms with van der Waals surface area (Å²) in [5, 5.41) is 38.1. The number of rotatable bonds is 8. The molecule has 122 valence electrons. The number of ether oxygens (including phenoxy) is 1. The Labute approximate surface area is 129 Å². The molecule has 0 radical (unpaired) electrons. The fourth-order valence-electron chi connectivity index (χ4n) is 2.82. The van der Waals surface area contributed by atoms with Crippen LogP contribution in [0.5, 0.6) is 23.0 Å². The Morgan fingerprint density at radius 2 is 1.73 bits per heavy atom. The van der Waals surface area contributed by atoms with Gasteiger partial charge in [-0.1, -0.05) is 39.0 Å².